The second kappa shape index (κ2) is 4.85. The number of nitrogens with one attached hydrogen (secondary N) is 1. The summed E-state index contributed by atoms with van der Waals surface area (Å²) in [6.45, 7) is 4.01. The lowest BCUT2D eigenvalue weighted by atomic mass is 10.0. The van der Waals surface area contributed by atoms with E-state index in [-0.39, 0.29) is 11.8 Å². The van der Waals surface area contributed by atoms with Gasteiger partial charge >= 0.3 is 0 Å². The smallest absolute Gasteiger partial charge is 0.155 e. The van der Waals surface area contributed by atoms with E-state index in [1.54, 1.807) is 0 Å². The van der Waals surface area contributed by atoms with Crippen molar-refractivity contribution in [2.24, 2.45) is 0 Å². The summed E-state index contributed by atoms with van der Waals surface area (Å²) >= 11 is 0. The van der Waals surface area contributed by atoms with Gasteiger partial charge in [-0.25, -0.2) is 0 Å². The fraction of sp³-hybridized carbons (Fsp3) is 0.545. The molecule has 13 heavy (non-hydrogen) atoms. The summed E-state index contributed by atoms with van der Waals surface area (Å²) in [6, 6.07) is -0.0171. The molecule has 0 radical (unpaired) electrons. The molecule has 0 aromatic carbocycles. The molecule has 1 aliphatic rings. The van der Waals surface area contributed by atoms with Crippen LogP contribution in [0.3, 0.4) is 0 Å². The van der Waals surface area contributed by atoms with Crippen molar-refractivity contribution in [3.8, 4) is 0 Å². The Bertz CT molecular complexity index is 240. The predicted octanol–water partition coefficient (Wildman–Crippen LogP) is 2.18. The number of allylic oxidation sites excluding steroid dienone is 2. The first-order valence-electron chi connectivity index (χ1n) is 4.83. The molecule has 0 fully saturated rings. The van der Waals surface area contributed by atoms with Crippen molar-refractivity contribution in [3.63, 3.8) is 0 Å². The molecule has 0 bridgehead atoms. The quantitative estimate of drug-likeness (QED) is 0.658. The van der Waals surface area contributed by atoms with Gasteiger partial charge in [0.05, 0.1) is 6.04 Å². The number of hydrogen-bond acceptors (Lipinski definition) is 2. The third-order valence-electron chi connectivity index (χ3n) is 2.29. The predicted molar refractivity (Wildman–Crippen MR) is 54.4 cm³/mol. The number of rotatable bonds is 2. The molecule has 0 amide bonds. The van der Waals surface area contributed by atoms with Crippen molar-refractivity contribution in [1.82, 2.24) is 5.32 Å². The van der Waals surface area contributed by atoms with Crippen LogP contribution in [0.4, 0.5) is 0 Å². The van der Waals surface area contributed by atoms with Gasteiger partial charge in [-0.05, 0) is 26.0 Å². The minimum atomic E-state index is -0.0171. The van der Waals surface area contributed by atoms with Crippen LogP contribution in [0.25, 0.3) is 0 Å². The van der Waals surface area contributed by atoms with Crippen LogP contribution in [0.1, 0.15) is 33.1 Å². The van der Waals surface area contributed by atoms with Gasteiger partial charge in [-0.3, -0.25) is 4.79 Å². The molecule has 2 heteroatoms. The van der Waals surface area contributed by atoms with Crippen molar-refractivity contribution < 1.29 is 4.79 Å². The highest BCUT2D eigenvalue weighted by atomic mass is 16.1. The molecule has 0 aromatic heterocycles. The molecule has 1 N–H and O–H groups in total. The molecule has 0 aromatic rings. The average molecular weight is 179 g/mol. The Kier molecular flexibility index (Phi) is 3.74. The molecule has 1 aliphatic heterocycles. The number of hydrogen-bond donors (Lipinski definition) is 1. The largest absolute Gasteiger partial charge is 0.381 e. The number of carbonyl (C=O) groups excluding carboxylic acids is 1. The molecule has 0 spiro atoms. The first-order chi connectivity index (χ1) is 6.24. The highest BCUT2D eigenvalue weighted by molar-refractivity contribution is 5.84. The summed E-state index contributed by atoms with van der Waals surface area (Å²) in [7, 11) is 0. The highest BCUT2D eigenvalue weighted by Crippen LogP contribution is 2.08. The summed E-state index contributed by atoms with van der Waals surface area (Å²) in [5, 5.41) is 3.12. The highest BCUT2D eigenvalue weighted by Gasteiger charge is 2.13. The lowest BCUT2D eigenvalue weighted by Crippen LogP contribution is -2.32. The zero-order valence-electron chi connectivity index (χ0n) is 8.34. The van der Waals surface area contributed by atoms with Crippen molar-refractivity contribution in [1.29, 1.82) is 0 Å². The molecule has 0 saturated carbocycles. The molecule has 0 saturated heterocycles. The second-order valence-electron chi connectivity index (χ2n) is 3.43. The minimum Gasteiger partial charge on any atom is -0.381 e. The molecule has 0 aliphatic carbocycles. The van der Waals surface area contributed by atoms with Crippen LogP contribution in [-0.2, 0) is 4.79 Å². The standard InChI is InChI=1S/C11H17NO/c1-3-11(13)10-7-6-9(2)5-4-8-12-10/h4,6,8,10,12H,3,5,7H2,1-2H3/b8-4+,9-6+. The Hall–Kier alpha value is -1.05. The van der Waals surface area contributed by atoms with E-state index in [4.69, 9.17) is 0 Å². The summed E-state index contributed by atoms with van der Waals surface area (Å²) in [6.07, 6.45) is 8.52. The van der Waals surface area contributed by atoms with Crippen LogP contribution in [0, 0.1) is 0 Å². The Morgan fingerprint density at radius 2 is 2.46 bits per heavy atom. The molecular weight excluding hydrogens is 162 g/mol. The minimum absolute atomic E-state index is 0.0171. The maximum atomic E-state index is 11.4. The van der Waals surface area contributed by atoms with Gasteiger partial charge < -0.3 is 5.32 Å². The Labute approximate surface area is 79.7 Å². The molecular formula is C11H17NO. The normalized spacial score (nSPS) is 29.1. The van der Waals surface area contributed by atoms with Crippen LogP contribution in [0.2, 0.25) is 0 Å². The lowest BCUT2D eigenvalue weighted by molar-refractivity contribution is -0.120. The monoisotopic (exact) mass is 179 g/mol. The zero-order valence-corrected chi connectivity index (χ0v) is 8.34. The fourth-order valence-corrected chi connectivity index (χ4v) is 1.37. The molecule has 72 valence electrons. The van der Waals surface area contributed by atoms with E-state index in [1.165, 1.54) is 5.57 Å². The number of Topliss-reactive ketones (excluding diaryl/α,β-unsaturated/α-hetero) is 1. The van der Waals surface area contributed by atoms with Gasteiger partial charge in [0.2, 0.25) is 0 Å². The molecule has 1 heterocycles. The fourth-order valence-electron chi connectivity index (χ4n) is 1.37. The van der Waals surface area contributed by atoms with Crippen molar-refractivity contribution in [2.75, 3.05) is 0 Å². The van der Waals surface area contributed by atoms with Crippen molar-refractivity contribution >= 4 is 5.78 Å². The van der Waals surface area contributed by atoms with Crippen LogP contribution >= 0.6 is 0 Å². The van der Waals surface area contributed by atoms with Crippen molar-refractivity contribution in [2.45, 2.75) is 39.2 Å². The van der Waals surface area contributed by atoms with Gasteiger partial charge in [-0.1, -0.05) is 24.6 Å². The van der Waals surface area contributed by atoms with E-state index in [0.29, 0.717) is 6.42 Å². The van der Waals surface area contributed by atoms with E-state index >= 15 is 0 Å². The first-order valence-corrected chi connectivity index (χ1v) is 4.83. The van der Waals surface area contributed by atoms with E-state index in [0.717, 1.165) is 12.8 Å². The van der Waals surface area contributed by atoms with Gasteiger partial charge in [0.25, 0.3) is 0 Å². The van der Waals surface area contributed by atoms with E-state index in [1.807, 2.05) is 13.1 Å². The lowest BCUT2D eigenvalue weighted by Gasteiger charge is -2.15. The van der Waals surface area contributed by atoms with E-state index in [2.05, 4.69) is 24.4 Å². The second-order valence-corrected chi connectivity index (χ2v) is 3.43. The van der Waals surface area contributed by atoms with E-state index < -0.39 is 0 Å². The van der Waals surface area contributed by atoms with Gasteiger partial charge in [-0.15, -0.1) is 0 Å². The summed E-state index contributed by atoms with van der Waals surface area (Å²) in [5.74, 6) is 0.288. The number of carbonyl (C=O) groups is 1. The van der Waals surface area contributed by atoms with Gasteiger partial charge in [-0.2, -0.15) is 0 Å². The Morgan fingerprint density at radius 1 is 1.69 bits per heavy atom. The Balaban J connectivity index is 2.61. The molecule has 1 rings (SSSR count). The van der Waals surface area contributed by atoms with Crippen LogP contribution in [0.5, 0.6) is 0 Å². The summed E-state index contributed by atoms with van der Waals surface area (Å²) in [5.41, 5.74) is 1.34. The third-order valence-corrected chi connectivity index (χ3v) is 2.29. The average Bonchev–Trinajstić information content (AvgIpc) is 2.11. The van der Waals surface area contributed by atoms with Crippen molar-refractivity contribution in [3.05, 3.63) is 23.9 Å². The van der Waals surface area contributed by atoms with Gasteiger partial charge in [0.1, 0.15) is 0 Å². The first kappa shape index (κ1) is 10.0. The zero-order chi connectivity index (χ0) is 9.68. The SMILES string of the molecule is CCC(=O)C1C/C=C(\C)C/C=C/N1. The molecule has 2 nitrogen and oxygen atoms in total. The Morgan fingerprint density at radius 3 is 3.15 bits per heavy atom. The number of ketones is 1. The maximum Gasteiger partial charge on any atom is 0.155 e. The van der Waals surface area contributed by atoms with Crippen LogP contribution < -0.4 is 5.32 Å². The maximum absolute atomic E-state index is 11.4. The van der Waals surface area contributed by atoms with Gasteiger partial charge in [0, 0.05) is 6.42 Å². The molecule has 1 unspecified atom stereocenters. The van der Waals surface area contributed by atoms with Crippen LogP contribution in [-0.4, -0.2) is 11.8 Å². The molecule has 1 atom stereocenters. The van der Waals surface area contributed by atoms with Crippen LogP contribution in [0.15, 0.2) is 23.9 Å². The summed E-state index contributed by atoms with van der Waals surface area (Å²) < 4.78 is 0. The topological polar surface area (TPSA) is 29.1 Å². The van der Waals surface area contributed by atoms with Gasteiger partial charge in [0.15, 0.2) is 5.78 Å². The van der Waals surface area contributed by atoms with E-state index in [9.17, 15) is 4.79 Å². The third kappa shape index (κ3) is 3.05. The summed E-state index contributed by atoms with van der Waals surface area (Å²) in [4.78, 5) is 11.4.